The molecule has 1 atom stereocenters. The van der Waals surface area contributed by atoms with Gasteiger partial charge in [-0.1, -0.05) is 140 Å². The van der Waals surface area contributed by atoms with E-state index in [0.717, 1.165) is 12.2 Å². The van der Waals surface area contributed by atoms with Crippen molar-refractivity contribution in [2.75, 3.05) is 0 Å². The molecule has 2 heteroatoms. The summed E-state index contributed by atoms with van der Waals surface area (Å²) in [4.78, 5) is 0. The minimum absolute atomic E-state index is 0.0709. The Kier molecular flexibility index (Phi) is 5.75. The van der Waals surface area contributed by atoms with E-state index in [4.69, 9.17) is 4.74 Å². The number of nitrogens with zero attached hydrogens (tertiary/aromatic N) is 1. The molecule has 202 valence electrons. The molecule has 0 amide bonds. The van der Waals surface area contributed by atoms with Crippen molar-refractivity contribution in [3.63, 3.8) is 0 Å². The summed E-state index contributed by atoms with van der Waals surface area (Å²) in [5.41, 5.74) is 8.03. The summed E-state index contributed by atoms with van der Waals surface area (Å²) in [6, 6.07) is 54.4. The normalized spacial score (nSPS) is 15.8. The van der Waals surface area contributed by atoms with Crippen LogP contribution in [0.5, 0.6) is 5.75 Å². The van der Waals surface area contributed by atoms with Crippen LogP contribution < -0.4 is 4.74 Å². The summed E-state index contributed by atoms with van der Waals surface area (Å²) in [7, 11) is 2.21. The first-order valence-corrected chi connectivity index (χ1v) is 14.7. The predicted molar refractivity (Wildman–Crippen MR) is 173 cm³/mol. The molecule has 8 rings (SSSR count). The Morgan fingerprint density at radius 1 is 0.571 bits per heavy atom. The second-order valence-electron chi connectivity index (χ2n) is 11.3. The van der Waals surface area contributed by atoms with E-state index in [1.54, 1.807) is 0 Å². The van der Waals surface area contributed by atoms with Crippen LogP contribution in [0, 0.1) is 0 Å². The van der Waals surface area contributed by atoms with E-state index in [2.05, 4.69) is 163 Å². The second kappa shape index (κ2) is 9.78. The topological polar surface area (TPSA) is 14.2 Å². The third kappa shape index (κ3) is 3.72. The summed E-state index contributed by atoms with van der Waals surface area (Å²) in [5.74, 6) is 1.02. The Morgan fingerprint density at radius 3 is 1.83 bits per heavy atom. The van der Waals surface area contributed by atoms with Gasteiger partial charge in [-0.25, -0.2) is 0 Å². The van der Waals surface area contributed by atoms with Crippen LogP contribution in [0.25, 0.3) is 32.9 Å². The summed E-state index contributed by atoms with van der Waals surface area (Å²) < 4.78 is 9.69. The van der Waals surface area contributed by atoms with Crippen LogP contribution in [-0.2, 0) is 12.6 Å². The number of aryl methyl sites for hydroxylation is 1. The van der Waals surface area contributed by atoms with Gasteiger partial charge in [0.15, 0.2) is 5.60 Å². The lowest BCUT2D eigenvalue weighted by Gasteiger charge is -2.44. The van der Waals surface area contributed by atoms with Crippen molar-refractivity contribution < 1.29 is 4.74 Å². The van der Waals surface area contributed by atoms with Gasteiger partial charge >= 0.3 is 0 Å². The molecule has 2 nitrogen and oxygen atoms in total. The largest absolute Gasteiger partial charge is 0.477 e. The van der Waals surface area contributed by atoms with Gasteiger partial charge in [-0.2, -0.15) is 0 Å². The Balaban J connectivity index is 1.50. The zero-order valence-electron chi connectivity index (χ0n) is 23.6. The smallest absolute Gasteiger partial charge is 0.160 e. The first-order valence-electron chi connectivity index (χ1n) is 14.7. The average molecular weight is 542 g/mol. The van der Waals surface area contributed by atoms with Crippen LogP contribution >= 0.6 is 0 Å². The maximum atomic E-state index is 7.31. The van der Waals surface area contributed by atoms with Crippen LogP contribution in [-0.4, -0.2) is 4.57 Å². The molecule has 0 bridgehead atoms. The Labute approximate surface area is 246 Å². The third-order valence-electron chi connectivity index (χ3n) is 9.08. The molecular weight excluding hydrogens is 510 g/mol. The van der Waals surface area contributed by atoms with Crippen LogP contribution in [0.2, 0.25) is 0 Å². The van der Waals surface area contributed by atoms with Crippen LogP contribution in [0.1, 0.15) is 34.6 Å². The van der Waals surface area contributed by atoms with Crippen molar-refractivity contribution in [3.05, 3.63) is 174 Å². The molecule has 0 N–H and O–H groups in total. The molecular formula is C40H31NO. The highest BCUT2D eigenvalue weighted by atomic mass is 16.5. The maximum Gasteiger partial charge on any atom is 0.160 e. The van der Waals surface area contributed by atoms with Crippen LogP contribution in [0.4, 0.5) is 0 Å². The van der Waals surface area contributed by atoms with E-state index >= 15 is 0 Å². The molecule has 0 saturated heterocycles. The van der Waals surface area contributed by atoms with Crippen molar-refractivity contribution in [3.8, 4) is 17.0 Å². The minimum atomic E-state index is -0.659. The number of para-hydroxylation sites is 1. The molecule has 1 aliphatic heterocycles. The molecule has 0 spiro atoms. The number of fused-ring (bicyclic) bond motifs is 4. The van der Waals surface area contributed by atoms with E-state index in [9.17, 15) is 0 Å². The summed E-state index contributed by atoms with van der Waals surface area (Å²) in [6.07, 6.45) is 0.774. The van der Waals surface area contributed by atoms with E-state index in [-0.39, 0.29) is 5.92 Å². The van der Waals surface area contributed by atoms with E-state index in [1.807, 2.05) is 0 Å². The van der Waals surface area contributed by atoms with Crippen molar-refractivity contribution in [2.45, 2.75) is 17.9 Å². The molecule has 0 aliphatic carbocycles. The van der Waals surface area contributed by atoms with E-state index < -0.39 is 5.60 Å². The lowest BCUT2D eigenvalue weighted by atomic mass is 9.71. The van der Waals surface area contributed by atoms with Gasteiger partial charge in [-0.15, -0.1) is 0 Å². The first-order chi connectivity index (χ1) is 20.7. The van der Waals surface area contributed by atoms with E-state index in [1.165, 1.54) is 55.2 Å². The van der Waals surface area contributed by atoms with Gasteiger partial charge in [0.1, 0.15) is 5.75 Å². The van der Waals surface area contributed by atoms with Crippen molar-refractivity contribution in [1.82, 2.24) is 4.57 Å². The average Bonchev–Trinajstić information content (AvgIpc) is 3.37. The van der Waals surface area contributed by atoms with Gasteiger partial charge in [0.25, 0.3) is 0 Å². The lowest BCUT2D eigenvalue weighted by molar-refractivity contribution is 0.0785. The number of rotatable bonds is 4. The lowest BCUT2D eigenvalue weighted by Crippen LogP contribution is -2.40. The second-order valence-corrected chi connectivity index (χ2v) is 11.3. The molecule has 0 fully saturated rings. The molecule has 7 aromatic rings. The summed E-state index contributed by atoms with van der Waals surface area (Å²) >= 11 is 0. The molecule has 1 aromatic heterocycles. The molecule has 42 heavy (non-hydrogen) atoms. The number of ether oxygens (including phenoxy) is 1. The molecule has 1 unspecified atom stereocenters. The highest BCUT2D eigenvalue weighted by Gasteiger charge is 2.46. The highest BCUT2D eigenvalue weighted by molar-refractivity contribution is 5.96. The van der Waals surface area contributed by atoms with Crippen molar-refractivity contribution in [2.24, 2.45) is 7.05 Å². The van der Waals surface area contributed by atoms with Gasteiger partial charge in [-0.05, 0) is 45.2 Å². The first kappa shape index (κ1) is 24.7. The van der Waals surface area contributed by atoms with Gasteiger partial charge in [-0.3, -0.25) is 0 Å². The number of hydrogen-bond donors (Lipinski definition) is 0. The van der Waals surface area contributed by atoms with Gasteiger partial charge in [0.2, 0.25) is 0 Å². The zero-order chi connectivity index (χ0) is 28.1. The SMILES string of the molecule is Cn1c(-c2ccccc2)c(C2CC(c3ccccc3)(c3ccccc3)Oc3ccc4ccccc4c32)c2ccccc21. The molecule has 6 aromatic carbocycles. The fourth-order valence-electron chi connectivity index (χ4n) is 7.24. The Hall–Kier alpha value is -5.08. The molecule has 0 radical (unpaired) electrons. The summed E-state index contributed by atoms with van der Waals surface area (Å²) in [5, 5.41) is 3.78. The number of benzene rings is 6. The molecule has 1 aliphatic rings. The minimum Gasteiger partial charge on any atom is -0.477 e. The monoisotopic (exact) mass is 541 g/mol. The van der Waals surface area contributed by atoms with Crippen molar-refractivity contribution in [1.29, 1.82) is 0 Å². The third-order valence-corrected chi connectivity index (χ3v) is 9.08. The fraction of sp³-hybridized carbons (Fsp3) is 0.100. The molecule has 2 heterocycles. The number of hydrogen-bond acceptors (Lipinski definition) is 1. The van der Waals surface area contributed by atoms with Gasteiger partial charge in [0, 0.05) is 35.9 Å². The van der Waals surface area contributed by atoms with Crippen LogP contribution in [0.3, 0.4) is 0 Å². The zero-order valence-corrected chi connectivity index (χ0v) is 23.6. The highest BCUT2D eigenvalue weighted by Crippen LogP contribution is 2.56. The Morgan fingerprint density at radius 2 is 1.14 bits per heavy atom. The molecule has 0 saturated carbocycles. The van der Waals surface area contributed by atoms with Crippen molar-refractivity contribution >= 4 is 21.7 Å². The Bertz CT molecular complexity index is 2000. The quantitative estimate of drug-likeness (QED) is 0.216. The maximum absolute atomic E-state index is 7.31. The van der Waals surface area contributed by atoms with Gasteiger partial charge in [0.05, 0.1) is 5.69 Å². The van der Waals surface area contributed by atoms with E-state index in [0.29, 0.717) is 0 Å². The predicted octanol–water partition coefficient (Wildman–Crippen LogP) is 9.86. The fourth-order valence-corrected chi connectivity index (χ4v) is 7.24. The van der Waals surface area contributed by atoms with Crippen LogP contribution in [0.15, 0.2) is 152 Å². The summed E-state index contributed by atoms with van der Waals surface area (Å²) in [6.45, 7) is 0. The number of aromatic nitrogens is 1. The standard InChI is InChI=1S/C40H31NO/c1-41-35-24-14-13-23-33(35)38(39(41)29-16-5-2-6-17-29)34-27-40(30-18-7-3-8-19-30,31-20-9-4-10-21-31)42-36-26-25-28-15-11-12-22-32(28)37(34)36/h2-26,34H,27H2,1H3. The van der Waals surface area contributed by atoms with Gasteiger partial charge < -0.3 is 9.30 Å².